The molecule has 84 valence electrons. The Balaban J connectivity index is 2.17. The van der Waals surface area contributed by atoms with Crippen molar-refractivity contribution in [1.29, 1.82) is 0 Å². The zero-order valence-electron chi connectivity index (χ0n) is 9.00. The van der Waals surface area contributed by atoms with E-state index in [2.05, 4.69) is 5.10 Å². The fourth-order valence-electron chi connectivity index (χ4n) is 2.24. The zero-order valence-corrected chi connectivity index (χ0v) is 9.75. The van der Waals surface area contributed by atoms with Crippen LogP contribution in [-0.4, -0.2) is 26.5 Å². The molecule has 1 heterocycles. The van der Waals surface area contributed by atoms with Gasteiger partial charge in [-0.2, -0.15) is 5.10 Å². The van der Waals surface area contributed by atoms with Crippen molar-refractivity contribution in [2.75, 3.05) is 0 Å². The second kappa shape index (κ2) is 3.47. The van der Waals surface area contributed by atoms with E-state index in [1.807, 2.05) is 14.0 Å². The summed E-state index contributed by atoms with van der Waals surface area (Å²) in [6.07, 6.45) is 1.83. The number of aromatic nitrogens is 2. The maximum Gasteiger partial charge on any atom is 0.0848 e. The van der Waals surface area contributed by atoms with Gasteiger partial charge in [0.1, 0.15) is 0 Å². The van der Waals surface area contributed by atoms with E-state index < -0.39 is 5.60 Å². The molecule has 1 saturated carbocycles. The van der Waals surface area contributed by atoms with Crippen LogP contribution in [0.5, 0.6) is 0 Å². The molecule has 0 aromatic carbocycles. The number of nitrogens with zero attached hydrogens (tertiary/aromatic N) is 2. The van der Waals surface area contributed by atoms with Gasteiger partial charge in [-0.15, -0.1) is 0 Å². The van der Waals surface area contributed by atoms with Gasteiger partial charge in [0, 0.05) is 19.5 Å². The second-order valence-electron chi connectivity index (χ2n) is 4.54. The highest BCUT2D eigenvalue weighted by atomic mass is 35.5. The number of aryl methyl sites for hydroxylation is 2. The summed E-state index contributed by atoms with van der Waals surface area (Å²) >= 11 is 6.11. The molecule has 0 saturated heterocycles. The number of hydrogen-bond acceptors (Lipinski definition) is 3. The fraction of sp³-hybridized carbons (Fsp3) is 0.700. The van der Waals surface area contributed by atoms with Crippen molar-refractivity contribution in [2.24, 2.45) is 12.8 Å². The van der Waals surface area contributed by atoms with Crippen LogP contribution in [0.4, 0.5) is 0 Å². The number of halogens is 1. The van der Waals surface area contributed by atoms with Crippen LogP contribution >= 0.6 is 11.6 Å². The van der Waals surface area contributed by atoms with Gasteiger partial charge < -0.3 is 10.8 Å². The van der Waals surface area contributed by atoms with Crippen molar-refractivity contribution in [3.05, 3.63) is 16.4 Å². The predicted octanol–water partition coefficient (Wildman–Crippen LogP) is 0.777. The first kappa shape index (κ1) is 10.9. The Morgan fingerprint density at radius 1 is 1.67 bits per heavy atom. The minimum atomic E-state index is -0.677. The fourth-order valence-corrected chi connectivity index (χ4v) is 2.47. The predicted molar refractivity (Wildman–Crippen MR) is 58.8 cm³/mol. The smallest absolute Gasteiger partial charge is 0.0848 e. The van der Waals surface area contributed by atoms with E-state index in [0.29, 0.717) is 24.3 Å². The lowest BCUT2D eigenvalue weighted by atomic mass is 9.73. The number of rotatable bonds is 2. The zero-order chi connectivity index (χ0) is 11.2. The van der Waals surface area contributed by atoms with Gasteiger partial charge in [0.15, 0.2) is 0 Å². The molecule has 1 aliphatic carbocycles. The highest BCUT2D eigenvalue weighted by Crippen LogP contribution is 2.35. The summed E-state index contributed by atoms with van der Waals surface area (Å²) in [6.45, 7) is 1.86. The van der Waals surface area contributed by atoms with E-state index in [-0.39, 0.29) is 6.04 Å². The van der Waals surface area contributed by atoms with Crippen molar-refractivity contribution in [3.8, 4) is 0 Å². The third-order valence-electron chi connectivity index (χ3n) is 3.04. The largest absolute Gasteiger partial charge is 0.389 e. The molecule has 4 nitrogen and oxygen atoms in total. The van der Waals surface area contributed by atoms with Crippen molar-refractivity contribution in [1.82, 2.24) is 9.78 Å². The second-order valence-corrected chi connectivity index (χ2v) is 4.92. The first-order valence-electron chi connectivity index (χ1n) is 5.07. The highest BCUT2D eigenvalue weighted by Gasteiger charge is 2.41. The quantitative estimate of drug-likeness (QED) is 0.788. The first-order valence-corrected chi connectivity index (χ1v) is 5.45. The molecule has 1 aliphatic rings. The molecule has 0 spiro atoms. The maximum atomic E-state index is 10.1. The molecule has 5 heteroatoms. The molecule has 0 radical (unpaired) electrons. The van der Waals surface area contributed by atoms with Gasteiger partial charge in [-0.1, -0.05) is 11.6 Å². The van der Waals surface area contributed by atoms with Crippen molar-refractivity contribution < 1.29 is 5.11 Å². The van der Waals surface area contributed by atoms with Crippen LogP contribution < -0.4 is 5.73 Å². The average molecular weight is 230 g/mol. The van der Waals surface area contributed by atoms with Crippen LogP contribution in [0.15, 0.2) is 0 Å². The minimum Gasteiger partial charge on any atom is -0.389 e. The highest BCUT2D eigenvalue weighted by molar-refractivity contribution is 6.31. The molecule has 0 atom stereocenters. The molecular formula is C10H16ClN3O. The molecule has 0 unspecified atom stereocenters. The van der Waals surface area contributed by atoms with E-state index in [9.17, 15) is 5.11 Å². The minimum absolute atomic E-state index is 0.128. The van der Waals surface area contributed by atoms with E-state index in [1.54, 1.807) is 4.68 Å². The monoisotopic (exact) mass is 229 g/mol. The van der Waals surface area contributed by atoms with Crippen LogP contribution in [0.25, 0.3) is 0 Å². The Labute approximate surface area is 94.0 Å². The topological polar surface area (TPSA) is 64.1 Å². The number of nitrogens with two attached hydrogens (primary N) is 1. The molecule has 0 bridgehead atoms. The van der Waals surface area contributed by atoms with E-state index in [4.69, 9.17) is 17.3 Å². The van der Waals surface area contributed by atoms with Crippen molar-refractivity contribution >= 4 is 11.6 Å². The van der Waals surface area contributed by atoms with E-state index in [0.717, 1.165) is 11.4 Å². The van der Waals surface area contributed by atoms with Gasteiger partial charge in [0.2, 0.25) is 0 Å². The van der Waals surface area contributed by atoms with Crippen LogP contribution in [0.3, 0.4) is 0 Å². The normalized spacial score (nSPS) is 30.3. The molecule has 0 amide bonds. The van der Waals surface area contributed by atoms with Gasteiger partial charge in [-0.3, -0.25) is 4.68 Å². The Morgan fingerprint density at radius 3 is 2.67 bits per heavy atom. The first-order chi connectivity index (χ1) is 6.91. The Bertz CT molecular complexity index is 382. The molecule has 1 aromatic heterocycles. The van der Waals surface area contributed by atoms with Gasteiger partial charge in [0.05, 0.1) is 22.0 Å². The summed E-state index contributed by atoms with van der Waals surface area (Å²) in [5, 5.41) is 15.0. The summed E-state index contributed by atoms with van der Waals surface area (Å²) in [5.74, 6) is 0. The van der Waals surface area contributed by atoms with Crippen LogP contribution in [0, 0.1) is 6.92 Å². The summed E-state index contributed by atoms with van der Waals surface area (Å²) < 4.78 is 1.74. The maximum absolute atomic E-state index is 10.1. The van der Waals surface area contributed by atoms with Crippen molar-refractivity contribution in [3.63, 3.8) is 0 Å². The lowest BCUT2D eigenvalue weighted by molar-refractivity contribution is -0.0468. The summed E-state index contributed by atoms with van der Waals surface area (Å²) in [6, 6.07) is 0.128. The molecule has 3 N–H and O–H groups in total. The van der Waals surface area contributed by atoms with Crippen LogP contribution in [0.1, 0.15) is 24.2 Å². The van der Waals surface area contributed by atoms with Crippen LogP contribution in [-0.2, 0) is 13.5 Å². The van der Waals surface area contributed by atoms with Gasteiger partial charge >= 0.3 is 0 Å². The van der Waals surface area contributed by atoms with E-state index in [1.165, 1.54) is 0 Å². The summed E-state index contributed by atoms with van der Waals surface area (Å²) in [5.41, 5.74) is 6.70. The standard InChI is InChI=1S/C10H16ClN3O/c1-6-9(11)8(14(2)13-6)5-10(15)3-7(12)4-10/h7,15H,3-5,12H2,1-2H3. The molecule has 1 fully saturated rings. The molecule has 1 aromatic rings. The molecular weight excluding hydrogens is 214 g/mol. The summed E-state index contributed by atoms with van der Waals surface area (Å²) in [4.78, 5) is 0. The molecule has 15 heavy (non-hydrogen) atoms. The Hall–Kier alpha value is -0.580. The van der Waals surface area contributed by atoms with E-state index >= 15 is 0 Å². The lowest BCUT2D eigenvalue weighted by Crippen LogP contribution is -2.53. The third-order valence-corrected chi connectivity index (χ3v) is 3.53. The van der Waals surface area contributed by atoms with Gasteiger partial charge in [-0.05, 0) is 19.8 Å². The lowest BCUT2D eigenvalue weighted by Gasteiger charge is -2.41. The summed E-state index contributed by atoms with van der Waals surface area (Å²) in [7, 11) is 1.84. The molecule has 0 aliphatic heterocycles. The molecule has 2 rings (SSSR count). The average Bonchev–Trinajstić information content (AvgIpc) is 2.30. The van der Waals surface area contributed by atoms with Crippen molar-refractivity contribution in [2.45, 2.75) is 37.8 Å². The van der Waals surface area contributed by atoms with Gasteiger partial charge in [-0.25, -0.2) is 0 Å². The number of aliphatic hydroxyl groups is 1. The third kappa shape index (κ3) is 1.89. The Morgan fingerprint density at radius 2 is 2.27 bits per heavy atom. The SMILES string of the molecule is Cc1nn(C)c(CC2(O)CC(N)C2)c1Cl. The number of hydrogen-bond donors (Lipinski definition) is 2. The van der Waals surface area contributed by atoms with Gasteiger partial charge in [0.25, 0.3) is 0 Å². The Kier molecular flexibility index (Phi) is 2.53. The van der Waals surface area contributed by atoms with Crippen LogP contribution in [0.2, 0.25) is 5.02 Å².